The maximum atomic E-state index is 9.76. The van der Waals surface area contributed by atoms with Crippen molar-refractivity contribution in [1.82, 2.24) is 4.90 Å². The van der Waals surface area contributed by atoms with Gasteiger partial charge >= 0.3 is 0 Å². The van der Waals surface area contributed by atoms with Gasteiger partial charge in [0.1, 0.15) is 11.8 Å². The molecule has 16 heavy (non-hydrogen) atoms. The molecule has 1 atom stereocenters. The van der Waals surface area contributed by atoms with E-state index >= 15 is 0 Å². The minimum atomic E-state index is -0.388. The molecule has 84 valence electrons. The zero-order chi connectivity index (χ0) is 11.5. The van der Waals surface area contributed by atoms with Crippen molar-refractivity contribution >= 4 is 11.6 Å². The Balaban J connectivity index is 2.32. The van der Waals surface area contributed by atoms with Gasteiger partial charge in [-0.15, -0.1) is 0 Å². The molecule has 0 radical (unpaired) electrons. The first-order valence-electron chi connectivity index (χ1n) is 5.34. The van der Waals surface area contributed by atoms with Crippen molar-refractivity contribution in [1.29, 1.82) is 5.26 Å². The smallest absolute Gasteiger partial charge is 0.127 e. The van der Waals surface area contributed by atoms with E-state index in [4.69, 9.17) is 11.6 Å². The number of likely N-dealkylation sites (tertiary alicyclic amines) is 1. The number of nitrogens with zero attached hydrogens (tertiary/aromatic N) is 2. The monoisotopic (exact) mass is 236 g/mol. The molecular weight excluding hydrogens is 224 g/mol. The molecule has 2 rings (SSSR count). The highest BCUT2D eigenvalue weighted by molar-refractivity contribution is 6.30. The van der Waals surface area contributed by atoms with E-state index in [1.54, 1.807) is 12.1 Å². The van der Waals surface area contributed by atoms with Crippen LogP contribution in [0.15, 0.2) is 18.2 Å². The SMILES string of the molecule is N#CC(c1cc(Cl)ccc1O)N1CCCC1. The molecule has 3 nitrogen and oxygen atoms in total. The molecular formula is C12H13ClN2O. The van der Waals surface area contributed by atoms with Gasteiger partial charge in [0.2, 0.25) is 0 Å². The van der Waals surface area contributed by atoms with Crippen LogP contribution in [0.4, 0.5) is 0 Å². The van der Waals surface area contributed by atoms with Crippen LogP contribution in [-0.4, -0.2) is 23.1 Å². The molecule has 0 saturated carbocycles. The summed E-state index contributed by atoms with van der Waals surface area (Å²) in [7, 11) is 0. The second-order valence-electron chi connectivity index (χ2n) is 3.98. The fraction of sp³-hybridized carbons (Fsp3) is 0.417. The van der Waals surface area contributed by atoms with Crippen LogP contribution < -0.4 is 0 Å². The highest BCUT2D eigenvalue weighted by Crippen LogP contribution is 2.32. The number of phenols is 1. The lowest BCUT2D eigenvalue weighted by Gasteiger charge is -2.22. The van der Waals surface area contributed by atoms with Gasteiger partial charge < -0.3 is 5.11 Å². The van der Waals surface area contributed by atoms with Gasteiger partial charge in [-0.3, -0.25) is 4.90 Å². The molecule has 1 N–H and O–H groups in total. The van der Waals surface area contributed by atoms with Crippen LogP contribution in [0.2, 0.25) is 5.02 Å². The normalized spacial score (nSPS) is 18.2. The van der Waals surface area contributed by atoms with Crippen molar-refractivity contribution in [3.63, 3.8) is 0 Å². The van der Waals surface area contributed by atoms with Crippen LogP contribution in [-0.2, 0) is 0 Å². The third-order valence-electron chi connectivity index (χ3n) is 2.91. The number of rotatable bonds is 2. The minimum Gasteiger partial charge on any atom is -0.508 e. The van der Waals surface area contributed by atoms with Crippen LogP contribution >= 0.6 is 11.6 Å². The largest absolute Gasteiger partial charge is 0.508 e. The quantitative estimate of drug-likeness (QED) is 0.859. The number of benzene rings is 1. The summed E-state index contributed by atoms with van der Waals surface area (Å²) >= 11 is 5.89. The zero-order valence-electron chi connectivity index (χ0n) is 8.86. The third-order valence-corrected chi connectivity index (χ3v) is 3.15. The summed E-state index contributed by atoms with van der Waals surface area (Å²) < 4.78 is 0. The standard InChI is InChI=1S/C12H13ClN2O/c13-9-3-4-12(16)10(7-9)11(8-14)15-5-1-2-6-15/h3-4,7,11,16H,1-2,5-6H2. The lowest BCUT2D eigenvalue weighted by Crippen LogP contribution is -2.24. The van der Waals surface area contributed by atoms with Crippen LogP contribution in [0.1, 0.15) is 24.4 Å². The van der Waals surface area contributed by atoms with E-state index in [0.29, 0.717) is 10.6 Å². The van der Waals surface area contributed by atoms with Gasteiger partial charge in [-0.2, -0.15) is 5.26 Å². The number of hydrogen-bond donors (Lipinski definition) is 1. The maximum absolute atomic E-state index is 9.76. The van der Waals surface area contributed by atoms with E-state index in [-0.39, 0.29) is 11.8 Å². The van der Waals surface area contributed by atoms with Crippen molar-refractivity contribution in [3.05, 3.63) is 28.8 Å². The predicted molar refractivity (Wildman–Crippen MR) is 62.3 cm³/mol. The number of phenolic OH excluding ortho intramolecular Hbond substituents is 1. The predicted octanol–water partition coefficient (Wildman–Crippen LogP) is 2.71. The molecule has 1 aliphatic heterocycles. The fourth-order valence-electron chi connectivity index (χ4n) is 2.09. The fourth-order valence-corrected chi connectivity index (χ4v) is 2.27. The van der Waals surface area contributed by atoms with Crippen molar-refractivity contribution in [2.45, 2.75) is 18.9 Å². The van der Waals surface area contributed by atoms with E-state index in [2.05, 4.69) is 11.0 Å². The molecule has 1 saturated heterocycles. The maximum Gasteiger partial charge on any atom is 0.127 e. The highest BCUT2D eigenvalue weighted by atomic mass is 35.5. The first kappa shape index (κ1) is 11.3. The Kier molecular flexibility index (Phi) is 3.33. The van der Waals surface area contributed by atoms with Crippen molar-refractivity contribution < 1.29 is 5.11 Å². The number of hydrogen-bond acceptors (Lipinski definition) is 3. The van der Waals surface area contributed by atoms with Gasteiger partial charge in [-0.05, 0) is 44.1 Å². The molecule has 0 aromatic heterocycles. The molecule has 0 aliphatic carbocycles. The van der Waals surface area contributed by atoms with Crippen LogP contribution in [0.25, 0.3) is 0 Å². The van der Waals surface area contributed by atoms with E-state index in [1.807, 2.05) is 0 Å². The summed E-state index contributed by atoms with van der Waals surface area (Å²) in [5, 5.41) is 19.5. The van der Waals surface area contributed by atoms with E-state index < -0.39 is 0 Å². The summed E-state index contributed by atoms with van der Waals surface area (Å²) in [5.74, 6) is 0.142. The molecule has 0 amide bonds. The first-order chi connectivity index (χ1) is 7.72. The highest BCUT2D eigenvalue weighted by Gasteiger charge is 2.25. The molecule has 0 spiro atoms. The molecule has 1 heterocycles. The second kappa shape index (κ2) is 4.73. The summed E-state index contributed by atoms with van der Waals surface area (Å²) in [6, 6.07) is 6.68. The lowest BCUT2D eigenvalue weighted by atomic mass is 10.1. The Labute approximate surface area is 99.9 Å². The topological polar surface area (TPSA) is 47.3 Å². The van der Waals surface area contributed by atoms with Crippen LogP contribution in [0, 0.1) is 11.3 Å². The Hall–Kier alpha value is -1.24. The Morgan fingerprint density at radius 2 is 2.06 bits per heavy atom. The third kappa shape index (κ3) is 2.13. The summed E-state index contributed by atoms with van der Waals surface area (Å²) in [6.45, 7) is 1.81. The van der Waals surface area contributed by atoms with E-state index in [1.165, 1.54) is 6.07 Å². The molecule has 0 bridgehead atoms. The summed E-state index contributed by atoms with van der Waals surface area (Å²) in [4.78, 5) is 2.07. The van der Waals surface area contributed by atoms with Gasteiger partial charge in [-0.25, -0.2) is 0 Å². The molecule has 4 heteroatoms. The number of nitriles is 1. The molecule has 1 fully saturated rings. The molecule has 1 aromatic carbocycles. The molecule has 1 unspecified atom stereocenters. The van der Waals surface area contributed by atoms with Gasteiger partial charge in [0.15, 0.2) is 0 Å². The average Bonchev–Trinajstić information content (AvgIpc) is 2.78. The van der Waals surface area contributed by atoms with Gasteiger partial charge in [0.05, 0.1) is 6.07 Å². The summed E-state index contributed by atoms with van der Waals surface area (Å²) in [6.07, 6.45) is 2.22. The molecule has 1 aromatic rings. The zero-order valence-corrected chi connectivity index (χ0v) is 9.61. The Bertz CT molecular complexity index is 422. The van der Waals surface area contributed by atoms with Crippen LogP contribution in [0.3, 0.4) is 0 Å². The number of halogens is 1. The lowest BCUT2D eigenvalue weighted by molar-refractivity contribution is 0.288. The Morgan fingerprint density at radius 3 is 2.69 bits per heavy atom. The van der Waals surface area contributed by atoms with Gasteiger partial charge in [-0.1, -0.05) is 11.6 Å². The second-order valence-corrected chi connectivity index (χ2v) is 4.41. The van der Waals surface area contributed by atoms with Crippen molar-refractivity contribution in [2.24, 2.45) is 0 Å². The first-order valence-corrected chi connectivity index (χ1v) is 5.72. The van der Waals surface area contributed by atoms with E-state index in [0.717, 1.165) is 25.9 Å². The van der Waals surface area contributed by atoms with Crippen molar-refractivity contribution in [2.75, 3.05) is 13.1 Å². The molecule has 1 aliphatic rings. The Morgan fingerprint density at radius 1 is 1.38 bits per heavy atom. The summed E-state index contributed by atoms with van der Waals surface area (Å²) in [5.41, 5.74) is 0.608. The van der Waals surface area contributed by atoms with Gasteiger partial charge in [0, 0.05) is 10.6 Å². The minimum absolute atomic E-state index is 0.142. The number of aromatic hydroxyl groups is 1. The van der Waals surface area contributed by atoms with Crippen molar-refractivity contribution in [3.8, 4) is 11.8 Å². The average molecular weight is 237 g/mol. The van der Waals surface area contributed by atoms with Crippen LogP contribution in [0.5, 0.6) is 5.75 Å². The van der Waals surface area contributed by atoms with E-state index in [9.17, 15) is 10.4 Å². The van der Waals surface area contributed by atoms with Gasteiger partial charge in [0.25, 0.3) is 0 Å².